The fraction of sp³-hybridized carbons (Fsp3) is 0.905. The summed E-state index contributed by atoms with van der Waals surface area (Å²) in [4.78, 5) is 0. The van der Waals surface area contributed by atoms with Gasteiger partial charge in [0.1, 0.15) is 0 Å². The van der Waals surface area contributed by atoms with Crippen molar-refractivity contribution in [1.82, 2.24) is 0 Å². The first-order valence-electron chi connectivity index (χ1n) is 9.23. The third-order valence-corrected chi connectivity index (χ3v) is 5.66. The van der Waals surface area contributed by atoms with Gasteiger partial charge in [-0.1, -0.05) is 87.3 Å². The number of allylic oxidation sites excluding steroid dienone is 2. The monoisotopic (exact) mass is 294 g/mol. The van der Waals surface area contributed by atoms with Crippen LogP contribution in [0, 0.1) is 22.2 Å². The smallest absolute Gasteiger partial charge is 0.00697 e. The standard InChI is InChI=1S/C21H42/c1-10-14-21(12-3,20(8,9)17-18(4)5)16-13-15-19(6,7)11-2/h13,16,18H,10-12,14-15,17H2,1-9H3. The maximum absolute atomic E-state index is 2.59. The summed E-state index contributed by atoms with van der Waals surface area (Å²) in [5.41, 5.74) is 1.17. The molecule has 1 unspecified atom stereocenters. The third-order valence-electron chi connectivity index (χ3n) is 5.66. The van der Waals surface area contributed by atoms with E-state index in [0.29, 0.717) is 16.2 Å². The summed E-state index contributed by atoms with van der Waals surface area (Å²) in [6.45, 7) is 21.5. The van der Waals surface area contributed by atoms with E-state index >= 15 is 0 Å². The Morgan fingerprint density at radius 3 is 1.86 bits per heavy atom. The van der Waals surface area contributed by atoms with Crippen molar-refractivity contribution in [2.24, 2.45) is 22.2 Å². The Bertz CT molecular complexity index is 306. The summed E-state index contributed by atoms with van der Waals surface area (Å²) >= 11 is 0. The second-order valence-corrected chi connectivity index (χ2v) is 8.87. The van der Waals surface area contributed by atoms with Gasteiger partial charge >= 0.3 is 0 Å². The molecule has 21 heavy (non-hydrogen) atoms. The highest BCUT2D eigenvalue weighted by molar-refractivity contribution is 5.07. The lowest BCUT2D eigenvalue weighted by Gasteiger charge is -2.46. The summed E-state index contributed by atoms with van der Waals surface area (Å²) in [5, 5.41) is 0. The van der Waals surface area contributed by atoms with Crippen molar-refractivity contribution in [2.45, 2.75) is 101 Å². The minimum atomic E-state index is 0.357. The Morgan fingerprint density at radius 2 is 1.48 bits per heavy atom. The minimum Gasteiger partial charge on any atom is -0.0874 e. The molecular formula is C21H42. The fourth-order valence-corrected chi connectivity index (χ4v) is 3.84. The van der Waals surface area contributed by atoms with Gasteiger partial charge in [0.05, 0.1) is 0 Å². The van der Waals surface area contributed by atoms with Gasteiger partial charge in [-0.3, -0.25) is 0 Å². The first-order valence-corrected chi connectivity index (χ1v) is 9.23. The molecule has 126 valence electrons. The van der Waals surface area contributed by atoms with Crippen molar-refractivity contribution in [1.29, 1.82) is 0 Å². The fourth-order valence-electron chi connectivity index (χ4n) is 3.84. The van der Waals surface area contributed by atoms with E-state index in [4.69, 9.17) is 0 Å². The van der Waals surface area contributed by atoms with Crippen LogP contribution in [0.2, 0.25) is 0 Å². The molecule has 0 radical (unpaired) electrons. The molecule has 0 aliphatic carbocycles. The summed E-state index contributed by atoms with van der Waals surface area (Å²) in [6.07, 6.45) is 12.7. The SMILES string of the molecule is CCCC(C=CCC(C)(C)CC)(CC)C(C)(C)CC(C)C. The molecule has 0 aromatic carbocycles. The van der Waals surface area contributed by atoms with Crippen molar-refractivity contribution in [2.75, 3.05) is 0 Å². The lowest BCUT2D eigenvalue weighted by atomic mass is 9.58. The number of rotatable bonds is 10. The highest BCUT2D eigenvalue weighted by atomic mass is 14.4. The van der Waals surface area contributed by atoms with Crippen LogP contribution in [0.3, 0.4) is 0 Å². The summed E-state index contributed by atoms with van der Waals surface area (Å²) in [5.74, 6) is 0.767. The van der Waals surface area contributed by atoms with Crippen molar-refractivity contribution in [3.8, 4) is 0 Å². The predicted octanol–water partition coefficient (Wildman–Crippen LogP) is 7.64. The van der Waals surface area contributed by atoms with Crippen molar-refractivity contribution < 1.29 is 0 Å². The van der Waals surface area contributed by atoms with Crippen LogP contribution in [0.1, 0.15) is 101 Å². The molecule has 1 atom stereocenters. The van der Waals surface area contributed by atoms with E-state index in [0.717, 1.165) is 5.92 Å². The highest BCUT2D eigenvalue weighted by Gasteiger charge is 2.40. The average molecular weight is 295 g/mol. The van der Waals surface area contributed by atoms with Gasteiger partial charge in [0.15, 0.2) is 0 Å². The van der Waals surface area contributed by atoms with Crippen LogP contribution in [-0.2, 0) is 0 Å². The van der Waals surface area contributed by atoms with Gasteiger partial charge in [-0.15, -0.1) is 0 Å². The van der Waals surface area contributed by atoms with Crippen LogP contribution >= 0.6 is 0 Å². The molecular weight excluding hydrogens is 252 g/mol. The quantitative estimate of drug-likeness (QED) is 0.363. The van der Waals surface area contributed by atoms with Gasteiger partial charge in [0, 0.05) is 0 Å². The number of hydrogen-bond acceptors (Lipinski definition) is 0. The molecule has 0 spiro atoms. The molecule has 0 heterocycles. The van der Waals surface area contributed by atoms with Gasteiger partial charge in [0.25, 0.3) is 0 Å². The predicted molar refractivity (Wildman–Crippen MR) is 98.7 cm³/mol. The van der Waals surface area contributed by atoms with E-state index in [1.165, 1.54) is 38.5 Å². The normalized spacial score (nSPS) is 16.7. The molecule has 0 fully saturated rings. The van der Waals surface area contributed by atoms with Gasteiger partial charge in [0.2, 0.25) is 0 Å². The molecule has 0 aliphatic rings. The maximum atomic E-state index is 2.59. The van der Waals surface area contributed by atoms with E-state index < -0.39 is 0 Å². The lowest BCUT2D eigenvalue weighted by Crippen LogP contribution is -2.37. The second kappa shape index (κ2) is 8.39. The molecule has 0 amide bonds. The molecule has 0 saturated carbocycles. The zero-order valence-corrected chi connectivity index (χ0v) is 16.5. The van der Waals surface area contributed by atoms with Crippen molar-refractivity contribution in [3.63, 3.8) is 0 Å². The summed E-state index contributed by atoms with van der Waals surface area (Å²) in [7, 11) is 0. The van der Waals surface area contributed by atoms with Crippen LogP contribution < -0.4 is 0 Å². The van der Waals surface area contributed by atoms with Gasteiger partial charge in [-0.25, -0.2) is 0 Å². The zero-order chi connectivity index (χ0) is 16.7. The highest BCUT2D eigenvalue weighted by Crippen LogP contribution is 2.50. The van der Waals surface area contributed by atoms with E-state index in [-0.39, 0.29) is 0 Å². The van der Waals surface area contributed by atoms with Crippen LogP contribution in [0.4, 0.5) is 0 Å². The van der Waals surface area contributed by atoms with E-state index in [2.05, 4.69) is 74.5 Å². The van der Waals surface area contributed by atoms with Gasteiger partial charge < -0.3 is 0 Å². The van der Waals surface area contributed by atoms with Gasteiger partial charge in [-0.05, 0) is 47.8 Å². The number of hydrogen-bond donors (Lipinski definition) is 0. The zero-order valence-electron chi connectivity index (χ0n) is 16.5. The van der Waals surface area contributed by atoms with Crippen LogP contribution in [-0.4, -0.2) is 0 Å². The summed E-state index contributed by atoms with van der Waals surface area (Å²) < 4.78 is 0. The average Bonchev–Trinajstić information content (AvgIpc) is 2.35. The molecule has 0 rings (SSSR count). The van der Waals surface area contributed by atoms with Crippen molar-refractivity contribution >= 4 is 0 Å². The second-order valence-electron chi connectivity index (χ2n) is 8.87. The van der Waals surface area contributed by atoms with E-state index in [9.17, 15) is 0 Å². The molecule has 0 N–H and O–H groups in total. The van der Waals surface area contributed by atoms with Crippen molar-refractivity contribution in [3.05, 3.63) is 12.2 Å². The molecule has 0 aliphatic heterocycles. The Hall–Kier alpha value is -0.260. The molecule has 0 aromatic heterocycles. The Labute approximate surface area is 135 Å². The maximum Gasteiger partial charge on any atom is -0.00697 e. The molecule has 0 nitrogen and oxygen atoms in total. The first kappa shape index (κ1) is 20.7. The Morgan fingerprint density at radius 1 is 0.905 bits per heavy atom. The van der Waals surface area contributed by atoms with E-state index in [1.54, 1.807) is 0 Å². The van der Waals surface area contributed by atoms with Crippen LogP contribution in [0.25, 0.3) is 0 Å². The van der Waals surface area contributed by atoms with E-state index in [1.807, 2.05) is 0 Å². The summed E-state index contributed by atoms with van der Waals surface area (Å²) in [6, 6.07) is 0. The van der Waals surface area contributed by atoms with Gasteiger partial charge in [-0.2, -0.15) is 0 Å². The Kier molecular flexibility index (Phi) is 8.29. The molecule has 0 bridgehead atoms. The van der Waals surface area contributed by atoms with Crippen LogP contribution in [0.5, 0.6) is 0 Å². The first-order chi connectivity index (χ1) is 9.56. The van der Waals surface area contributed by atoms with Crippen LogP contribution in [0.15, 0.2) is 12.2 Å². The largest absolute Gasteiger partial charge is 0.0874 e. The molecule has 0 heteroatoms. The Balaban J connectivity index is 5.29. The lowest BCUT2D eigenvalue weighted by molar-refractivity contribution is 0.0786. The topological polar surface area (TPSA) is 0 Å². The molecule has 0 aromatic rings. The third kappa shape index (κ3) is 6.17. The molecule has 0 saturated heterocycles. The minimum absolute atomic E-state index is 0.357.